The largest absolute Gasteiger partial charge is 0.507 e. The van der Waals surface area contributed by atoms with Crippen LogP contribution < -0.4 is 4.74 Å². The summed E-state index contributed by atoms with van der Waals surface area (Å²) in [5.74, 6) is 0.476. The summed E-state index contributed by atoms with van der Waals surface area (Å²) in [4.78, 5) is 15.3. The quantitative estimate of drug-likeness (QED) is 0.455. The fraction of sp³-hybridized carbons (Fsp3) is 0.385. The Bertz CT molecular complexity index is 1350. The second-order valence-electron chi connectivity index (χ2n) is 9.18. The van der Waals surface area contributed by atoms with Crippen molar-refractivity contribution < 1.29 is 23.1 Å². The number of nitrogens with zero attached hydrogens (tertiary/aromatic N) is 2. The minimum atomic E-state index is -3.21. The number of sulfone groups is 1. The predicted octanol–water partition coefficient (Wildman–Crippen LogP) is 4.08. The molecule has 2 aliphatic heterocycles. The minimum Gasteiger partial charge on any atom is -0.507 e. The molecule has 1 fully saturated rings. The molecule has 0 radical (unpaired) electrons. The zero-order chi connectivity index (χ0) is 24.6. The number of H-pyrrole nitrogens is 1. The van der Waals surface area contributed by atoms with E-state index < -0.39 is 21.9 Å². The molecule has 2 aliphatic rings. The monoisotopic (exact) mass is 495 g/mol. The standard InChI is InChI=1S/C26H29N3O5S/c1-2-3-6-13-34-19-9-7-8-17(15-19)25-22-23(20-10-4-5-11-21(20)30)27-28-24(22)26(31)29(25)18-12-14-35(32,33)16-18/h4-5,7-11,15,18,25,30H,2-3,6,12-14,16H2,1H3,(H,27,28). The van der Waals surface area contributed by atoms with Crippen molar-refractivity contribution in [2.45, 2.75) is 44.7 Å². The van der Waals surface area contributed by atoms with Crippen molar-refractivity contribution in [3.8, 4) is 22.8 Å². The van der Waals surface area contributed by atoms with Crippen LogP contribution in [-0.2, 0) is 9.84 Å². The zero-order valence-corrected chi connectivity index (χ0v) is 20.4. The lowest BCUT2D eigenvalue weighted by molar-refractivity contribution is 0.0677. The molecule has 2 aromatic carbocycles. The van der Waals surface area contributed by atoms with Crippen LogP contribution in [0.4, 0.5) is 0 Å². The molecule has 0 aliphatic carbocycles. The van der Waals surface area contributed by atoms with Gasteiger partial charge in [0.15, 0.2) is 9.84 Å². The average Bonchev–Trinajstić information content (AvgIpc) is 3.50. The van der Waals surface area contributed by atoms with Crippen LogP contribution in [0.3, 0.4) is 0 Å². The molecule has 9 heteroatoms. The summed E-state index contributed by atoms with van der Waals surface area (Å²) >= 11 is 0. The Morgan fingerprint density at radius 1 is 1.17 bits per heavy atom. The van der Waals surface area contributed by atoms with Crippen LogP contribution in [0.2, 0.25) is 0 Å². The Morgan fingerprint density at radius 2 is 2.00 bits per heavy atom. The lowest BCUT2D eigenvalue weighted by atomic mass is 9.95. The minimum absolute atomic E-state index is 0.0582. The summed E-state index contributed by atoms with van der Waals surface area (Å²) < 4.78 is 30.6. The number of carbonyl (C=O) groups is 1. The van der Waals surface area contributed by atoms with Gasteiger partial charge in [0.05, 0.1) is 24.2 Å². The molecule has 8 nitrogen and oxygen atoms in total. The van der Waals surface area contributed by atoms with E-state index in [0.717, 1.165) is 24.8 Å². The number of amides is 1. The summed E-state index contributed by atoms with van der Waals surface area (Å²) in [5, 5.41) is 17.8. The number of benzene rings is 2. The van der Waals surface area contributed by atoms with Gasteiger partial charge in [0, 0.05) is 17.2 Å². The first-order valence-electron chi connectivity index (χ1n) is 12.0. The van der Waals surface area contributed by atoms with Crippen molar-refractivity contribution in [3.05, 3.63) is 65.4 Å². The SMILES string of the molecule is CCCCCOc1cccc(C2c3c(-c4ccccc4O)n[nH]c3C(=O)N2C2CCS(=O)(=O)C2)c1. The van der Waals surface area contributed by atoms with E-state index in [1.165, 1.54) is 0 Å². The molecule has 184 valence electrons. The maximum absolute atomic E-state index is 13.6. The van der Waals surface area contributed by atoms with Crippen LogP contribution in [0.25, 0.3) is 11.3 Å². The van der Waals surface area contributed by atoms with Crippen molar-refractivity contribution in [1.29, 1.82) is 0 Å². The van der Waals surface area contributed by atoms with Crippen molar-refractivity contribution in [2.24, 2.45) is 0 Å². The number of hydrogen-bond acceptors (Lipinski definition) is 6. The van der Waals surface area contributed by atoms with E-state index in [4.69, 9.17) is 4.74 Å². The molecule has 1 aromatic heterocycles. The fourth-order valence-corrected chi connectivity index (χ4v) is 6.77. The van der Waals surface area contributed by atoms with E-state index in [-0.39, 0.29) is 23.2 Å². The third-order valence-corrected chi connectivity index (χ3v) is 8.51. The lowest BCUT2D eigenvalue weighted by Gasteiger charge is -2.31. The maximum atomic E-state index is 13.6. The first-order valence-corrected chi connectivity index (χ1v) is 13.8. The Balaban J connectivity index is 1.59. The molecule has 2 unspecified atom stereocenters. The molecule has 3 aromatic rings. The van der Waals surface area contributed by atoms with Crippen LogP contribution in [-0.4, -0.2) is 58.7 Å². The average molecular weight is 496 g/mol. The number of aromatic amines is 1. The number of nitrogens with one attached hydrogen (secondary N) is 1. The smallest absolute Gasteiger partial charge is 0.273 e. The third-order valence-electron chi connectivity index (χ3n) is 6.76. The number of fused-ring (bicyclic) bond motifs is 1. The van der Waals surface area contributed by atoms with Gasteiger partial charge in [-0.25, -0.2) is 8.42 Å². The van der Waals surface area contributed by atoms with Crippen LogP contribution in [0.1, 0.15) is 60.3 Å². The normalized spacial score (nSPS) is 20.8. The molecule has 0 saturated carbocycles. The number of para-hydroxylation sites is 1. The second kappa shape index (κ2) is 9.37. The zero-order valence-electron chi connectivity index (χ0n) is 19.6. The van der Waals surface area contributed by atoms with Crippen LogP contribution in [0.15, 0.2) is 48.5 Å². The first kappa shape index (κ1) is 23.4. The third kappa shape index (κ3) is 4.40. The molecular weight excluding hydrogens is 466 g/mol. The number of ether oxygens (including phenoxy) is 1. The van der Waals surface area contributed by atoms with E-state index in [2.05, 4.69) is 17.1 Å². The molecule has 0 bridgehead atoms. The van der Waals surface area contributed by atoms with E-state index in [1.807, 2.05) is 24.3 Å². The van der Waals surface area contributed by atoms with Gasteiger partial charge in [-0.3, -0.25) is 9.89 Å². The highest BCUT2D eigenvalue weighted by Gasteiger charge is 2.48. The van der Waals surface area contributed by atoms with Gasteiger partial charge < -0.3 is 14.7 Å². The van der Waals surface area contributed by atoms with Crippen LogP contribution in [0.5, 0.6) is 11.5 Å². The van der Waals surface area contributed by atoms with E-state index in [1.54, 1.807) is 29.2 Å². The summed E-state index contributed by atoms with van der Waals surface area (Å²) in [5.41, 5.74) is 2.77. The van der Waals surface area contributed by atoms with Gasteiger partial charge in [-0.15, -0.1) is 0 Å². The number of carbonyl (C=O) groups excluding carboxylic acids is 1. The molecule has 3 heterocycles. The van der Waals surface area contributed by atoms with Gasteiger partial charge in [0.25, 0.3) is 5.91 Å². The van der Waals surface area contributed by atoms with Crippen molar-refractivity contribution in [3.63, 3.8) is 0 Å². The van der Waals surface area contributed by atoms with Crippen molar-refractivity contribution in [1.82, 2.24) is 15.1 Å². The predicted molar refractivity (Wildman–Crippen MR) is 132 cm³/mol. The van der Waals surface area contributed by atoms with E-state index >= 15 is 0 Å². The number of hydrogen-bond donors (Lipinski definition) is 2. The molecule has 35 heavy (non-hydrogen) atoms. The second-order valence-corrected chi connectivity index (χ2v) is 11.4. The molecule has 0 spiro atoms. The Hall–Kier alpha value is -3.33. The van der Waals surface area contributed by atoms with Gasteiger partial charge in [-0.05, 0) is 42.7 Å². The highest BCUT2D eigenvalue weighted by atomic mass is 32.2. The molecule has 5 rings (SSSR count). The Labute approximate surface area is 204 Å². The van der Waals surface area contributed by atoms with E-state index in [0.29, 0.717) is 41.3 Å². The van der Waals surface area contributed by atoms with Crippen molar-refractivity contribution in [2.75, 3.05) is 18.1 Å². The lowest BCUT2D eigenvalue weighted by Crippen LogP contribution is -2.40. The molecule has 1 saturated heterocycles. The number of rotatable bonds is 8. The molecule has 2 N–H and O–H groups in total. The van der Waals surface area contributed by atoms with Gasteiger partial charge in [0.1, 0.15) is 22.9 Å². The topological polar surface area (TPSA) is 113 Å². The van der Waals surface area contributed by atoms with Gasteiger partial charge in [0.2, 0.25) is 0 Å². The molecule has 1 amide bonds. The molecular formula is C26H29N3O5S. The number of phenolic OH excluding ortho intramolecular Hbond substituents is 1. The number of phenols is 1. The van der Waals surface area contributed by atoms with Gasteiger partial charge in [-0.1, -0.05) is 44.0 Å². The molecule has 2 atom stereocenters. The van der Waals surface area contributed by atoms with Gasteiger partial charge in [-0.2, -0.15) is 5.10 Å². The summed E-state index contributed by atoms with van der Waals surface area (Å²) in [7, 11) is -3.21. The summed E-state index contributed by atoms with van der Waals surface area (Å²) in [6.45, 7) is 2.74. The number of aromatic nitrogens is 2. The number of aromatic hydroxyl groups is 1. The maximum Gasteiger partial charge on any atom is 0.273 e. The van der Waals surface area contributed by atoms with Crippen LogP contribution >= 0.6 is 0 Å². The summed E-state index contributed by atoms with van der Waals surface area (Å²) in [6.07, 6.45) is 3.54. The van der Waals surface area contributed by atoms with Crippen LogP contribution in [0, 0.1) is 0 Å². The first-order chi connectivity index (χ1) is 16.9. The highest BCUT2D eigenvalue weighted by Crippen LogP contribution is 2.46. The summed E-state index contributed by atoms with van der Waals surface area (Å²) in [6, 6.07) is 13.5. The Kier molecular flexibility index (Phi) is 6.27. The fourth-order valence-electron chi connectivity index (χ4n) is 5.06. The number of unbranched alkanes of at least 4 members (excludes halogenated alkanes) is 2. The Morgan fingerprint density at radius 3 is 2.74 bits per heavy atom. The highest BCUT2D eigenvalue weighted by molar-refractivity contribution is 7.91. The van der Waals surface area contributed by atoms with Crippen molar-refractivity contribution >= 4 is 15.7 Å². The van der Waals surface area contributed by atoms with Gasteiger partial charge >= 0.3 is 0 Å². The van der Waals surface area contributed by atoms with E-state index in [9.17, 15) is 18.3 Å².